The Hall–Kier alpha value is -2.92. The molecule has 1 aromatic heterocycles. The molecule has 0 saturated heterocycles. The molecule has 1 N–H and O–H groups in total. The fraction of sp³-hybridized carbons (Fsp3) is 0.250. The Labute approximate surface area is 124 Å². The zero-order chi connectivity index (χ0) is 15.4. The molecule has 21 heavy (non-hydrogen) atoms. The maximum absolute atomic E-state index is 9.04. The zero-order valence-corrected chi connectivity index (χ0v) is 12.3. The minimum absolute atomic E-state index is 0.556. The smallest absolute Gasteiger partial charge is 0.143 e. The maximum atomic E-state index is 9.04. The van der Waals surface area contributed by atoms with Gasteiger partial charge in [0.1, 0.15) is 17.5 Å². The van der Waals surface area contributed by atoms with Crippen LogP contribution in [0, 0.1) is 29.6 Å². The Morgan fingerprint density at radius 2 is 2.00 bits per heavy atom. The van der Waals surface area contributed by atoms with Crippen molar-refractivity contribution >= 4 is 5.69 Å². The lowest BCUT2D eigenvalue weighted by Gasteiger charge is -2.11. The maximum Gasteiger partial charge on any atom is 0.143 e. The fourth-order valence-electron chi connectivity index (χ4n) is 2.15. The predicted octanol–water partition coefficient (Wildman–Crippen LogP) is 2.70. The highest BCUT2D eigenvalue weighted by Gasteiger charge is 2.10. The normalized spacial score (nSPS) is 9.76. The number of aromatic nitrogens is 1. The summed E-state index contributed by atoms with van der Waals surface area (Å²) < 4.78 is 7.15. The molecule has 5 nitrogen and oxygen atoms in total. The van der Waals surface area contributed by atoms with Crippen molar-refractivity contribution in [1.29, 1.82) is 10.5 Å². The van der Waals surface area contributed by atoms with E-state index < -0.39 is 0 Å². The van der Waals surface area contributed by atoms with Crippen molar-refractivity contribution in [3.8, 4) is 17.9 Å². The van der Waals surface area contributed by atoms with Crippen molar-refractivity contribution in [3.63, 3.8) is 0 Å². The molecule has 0 aliphatic rings. The largest absolute Gasteiger partial charge is 0.495 e. The van der Waals surface area contributed by atoms with Gasteiger partial charge in [-0.1, -0.05) is 0 Å². The molecule has 2 rings (SSSR count). The Bertz CT molecular complexity index is 747. The summed E-state index contributed by atoms with van der Waals surface area (Å²) in [5, 5.41) is 21.2. The summed E-state index contributed by atoms with van der Waals surface area (Å²) in [5.41, 5.74) is 4.11. The molecule has 0 unspecified atom stereocenters. The molecule has 0 aliphatic carbocycles. The number of benzene rings is 1. The standard InChI is InChI=1S/C16H16N4O/c1-11-13(7-14(9-18)20(11)2)10-19-15-5-4-12(8-17)6-16(15)21-3/h4-7,19H,10H2,1-3H3. The molecule has 1 heterocycles. The van der Waals surface area contributed by atoms with Crippen LogP contribution in [0.4, 0.5) is 5.69 Å². The molecule has 0 fully saturated rings. The van der Waals surface area contributed by atoms with Gasteiger partial charge < -0.3 is 14.6 Å². The van der Waals surface area contributed by atoms with E-state index in [4.69, 9.17) is 15.3 Å². The van der Waals surface area contributed by atoms with Gasteiger partial charge in [0.15, 0.2) is 0 Å². The van der Waals surface area contributed by atoms with E-state index in [-0.39, 0.29) is 0 Å². The Morgan fingerprint density at radius 3 is 2.57 bits per heavy atom. The Morgan fingerprint density at radius 1 is 1.24 bits per heavy atom. The molecule has 0 atom stereocenters. The third-order valence-electron chi connectivity index (χ3n) is 3.55. The van der Waals surface area contributed by atoms with Gasteiger partial charge in [0.2, 0.25) is 0 Å². The SMILES string of the molecule is COc1cc(C#N)ccc1NCc1cc(C#N)n(C)c1C. The van der Waals surface area contributed by atoms with E-state index in [9.17, 15) is 0 Å². The number of methoxy groups -OCH3 is 1. The van der Waals surface area contributed by atoms with Gasteiger partial charge >= 0.3 is 0 Å². The number of hydrogen-bond acceptors (Lipinski definition) is 4. The number of nitrogens with one attached hydrogen (secondary N) is 1. The first-order chi connectivity index (χ1) is 10.1. The summed E-state index contributed by atoms with van der Waals surface area (Å²) in [6.45, 7) is 2.57. The Balaban J connectivity index is 2.21. The summed E-state index contributed by atoms with van der Waals surface area (Å²) >= 11 is 0. The number of ether oxygens (including phenoxy) is 1. The van der Waals surface area contributed by atoms with Crippen molar-refractivity contribution in [2.24, 2.45) is 7.05 Å². The molecule has 0 saturated carbocycles. The molecular weight excluding hydrogens is 264 g/mol. The minimum Gasteiger partial charge on any atom is -0.495 e. The third kappa shape index (κ3) is 2.82. The summed E-state index contributed by atoms with van der Waals surface area (Å²) in [6.07, 6.45) is 0. The van der Waals surface area contributed by atoms with Gasteiger partial charge in [-0.05, 0) is 30.7 Å². The highest BCUT2D eigenvalue weighted by atomic mass is 16.5. The van der Waals surface area contributed by atoms with Crippen LogP contribution < -0.4 is 10.1 Å². The van der Waals surface area contributed by atoms with E-state index in [0.29, 0.717) is 23.6 Å². The first kappa shape index (κ1) is 14.5. The van der Waals surface area contributed by atoms with Crippen molar-refractivity contribution in [1.82, 2.24) is 4.57 Å². The number of rotatable bonds is 4. The fourth-order valence-corrected chi connectivity index (χ4v) is 2.15. The average Bonchev–Trinajstić information content (AvgIpc) is 2.80. The van der Waals surface area contributed by atoms with Crippen LogP contribution in [0.1, 0.15) is 22.5 Å². The highest BCUT2D eigenvalue weighted by Crippen LogP contribution is 2.26. The van der Waals surface area contributed by atoms with E-state index in [1.807, 2.05) is 30.7 Å². The highest BCUT2D eigenvalue weighted by molar-refractivity contribution is 5.59. The monoisotopic (exact) mass is 280 g/mol. The van der Waals surface area contributed by atoms with E-state index in [2.05, 4.69) is 17.5 Å². The van der Waals surface area contributed by atoms with Gasteiger partial charge in [-0.15, -0.1) is 0 Å². The molecule has 2 aromatic rings. The van der Waals surface area contributed by atoms with E-state index in [1.165, 1.54) is 0 Å². The third-order valence-corrected chi connectivity index (χ3v) is 3.55. The van der Waals surface area contributed by atoms with Gasteiger partial charge in [-0.3, -0.25) is 0 Å². The predicted molar refractivity (Wildman–Crippen MR) is 79.9 cm³/mol. The first-order valence-electron chi connectivity index (χ1n) is 6.48. The van der Waals surface area contributed by atoms with Crippen molar-refractivity contribution in [3.05, 3.63) is 46.8 Å². The number of anilines is 1. The van der Waals surface area contributed by atoms with Crippen molar-refractivity contribution < 1.29 is 4.74 Å². The molecule has 5 heteroatoms. The van der Waals surface area contributed by atoms with Crippen molar-refractivity contribution in [2.75, 3.05) is 12.4 Å². The second kappa shape index (κ2) is 6.02. The van der Waals surface area contributed by atoms with Crippen LogP contribution in [0.3, 0.4) is 0 Å². The quantitative estimate of drug-likeness (QED) is 0.934. The van der Waals surface area contributed by atoms with Crippen LogP contribution >= 0.6 is 0 Å². The van der Waals surface area contributed by atoms with Gasteiger partial charge in [0, 0.05) is 25.4 Å². The summed E-state index contributed by atoms with van der Waals surface area (Å²) in [4.78, 5) is 0. The van der Waals surface area contributed by atoms with Crippen LogP contribution in [-0.2, 0) is 13.6 Å². The van der Waals surface area contributed by atoms with E-state index in [1.54, 1.807) is 19.2 Å². The lowest BCUT2D eigenvalue weighted by Crippen LogP contribution is -2.03. The lowest BCUT2D eigenvalue weighted by molar-refractivity contribution is 0.416. The van der Waals surface area contributed by atoms with Crippen LogP contribution in [0.15, 0.2) is 24.3 Å². The first-order valence-corrected chi connectivity index (χ1v) is 6.48. The lowest BCUT2D eigenvalue weighted by atomic mass is 10.2. The molecule has 0 bridgehead atoms. The van der Waals surface area contributed by atoms with Gasteiger partial charge in [0.05, 0.1) is 24.4 Å². The second-order valence-corrected chi connectivity index (χ2v) is 4.69. The van der Waals surface area contributed by atoms with Crippen molar-refractivity contribution in [2.45, 2.75) is 13.5 Å². The Kier molecular flexibility index (Phi) is 4.15. The number of nitrogens with zero attached hydrogens (tertiary/aromatic N) is 3. The minimum atomic E-state index is 0.556. The van der Waals surface area contributed by atoms with Crippen LogP contribution in [-0.4, -0.2) is 11.7 Å². The number of hydrogen-bond donors (Lipinski definition) is 1. The van der Waals surface area contributed by atoms with E-state index in [0.717, 1.165) is 16.9 Å². The van der Waals surface area contributed by atoms with Crippen LogP contribution in [0.5, 0.6) is 5.75 Å². The molecular formula is C16H16N4O. The summed E-state index contributed by atoms with van der Waals surface area (Å²) in [5.74, 6) is 0.628. The number of nitriles is 2. The van der Waals surface area contributed by atoms with Crippen LogP contribution in [0.25, 0.3) is 0 Å². The van der Waals surface area contributed by atoms with Gasteiger partial charge in [-0.2, -0.15) is 10.5 Å². The van der Waals surface area contributed by atoms with E-state index >= 15 is 0 Å². The molecule has 0 amide bonds. The van der Waals surface area contributed by atoms with Gasteiger partial charge in [-0.25, -0.2) is 0 Å². The second-order valence-electron chi connectivity index (χ2n) is 4.69. The molecule has 0 aliphatic heterocycles. The zero-order valence-electron chi connectivity index (χ0n) is 12.3. The molecule has 1 aromatic carbocycles. The molecule has 106 valence electrons. The molecule has 0 spiro atoms. The summed E-state index contributed by atoms with van der Waals surface area (Å²) in [7, 11) is 3.45. The van der Waals surface area contributed by atoms with Crippen LogP contribution in [0.2, 0.25) is 0 Å². The molecule has 0 radical (unpaired) electrons. The summed E-state index contributed by atoms with van der Waals surface area (Å²) in [6, 6.07) is 11.4. The topological polar surface area (TPSA) is 73.8 Å². The average molecular weight is 280 g/mol. The van der Waals surface area contributed by atoms with Gasteiger partial charge in [0.25, 0.3) is 0 Å².